The third-order valence-electron chi connectivity index (χ3n) is 4.80. The van der Waals surface area contributed by atoms with E-state index < -0.39 is 0 Å². The largest absolute Gasteiger partial charge is 0.315 e. The lowest BCUT2D eigenvalue weighted by molar-refractivity contribution is 0.102. The highest BCUT2D eigenvalue weighted by molar-refractivity contribution is 7.15. The molecule has 0 spiro atoms. The minimum Gasteiger partial charge on any atom is -0.315 e. The van der Waals surface area contributed by atoms with E-state index in [4.69, 9.17) is 0 Å². The molecule has 1 saturated heterocycles. The predicted octanol–water partition coefficient (Wildman–Crippen LogP) is 2.79. The van der Waals surface area contributed by atoms with Crippen LogP contribution < -0.4 is 10.6 Å². The maximum absolute atomic E-state index is 12.5. The highest BCUT2D eigenvalue weighted by Gasteiger charge is 2.19. The van der Waals surface area contributed by atoms with Gasteiger partial charge in [0.2, 0.25) is 0 Å². The summed E-state index contributed by atoms with van der Waals surface area (Å²) in [5.41, 5.74) is 1.64. The van der Waals surface area contributed by atoms with Crippen molar-refractivity contribution in [3.05, 3.63) is 28.5 Å². The average Bonchev–Trinajstić information content (AvgIpc) is 3.18. The molecule has 0 bridgehead atoms. The third kappa shape index (κ3) is 3.37. The van der Waals surface area contributed by atoms with Gasteiger partial charge in [-0.1, -0.05) is 6.42 Å². The molecule has 1 aliphatic heterocycles. The summed E-state index contributed by atoms with van der Waals surface area (Å²) in [4.78, 5) is 18.4. The maximum atomic E-state index is 12.5. The Kier molecular flexibility index (Phi) is 4.62. The molecule has 128 valence electrons. The van der Waals surface area contributed by atoms with Crippen LogP contribution in [0.1, 0.15) is 59.2 Å². The normalized spacial score (nSPS) is 21.1. The number of piperidine rings is 1. The van der Waals surface area contributed by atoms with Crippen LogP contribution in [0.3, 0.4) is 0 Å². The number of nitrogens with zero attached hydrogens (tertiary/aromatic N) is 3. The van der Waals surface area contributed by atoms with E-state index in [9.17, 15) is 4.79 Å². The van der Waals surface area contributed by atoms with Crippen LogP contribution in [0.15, 0.2) is 12.3 Å². The molecule has 0 radical (unpaired) electrons. The van der Waals surface area contributed by atoms with Crippen LogP contribution in [0.2, 0.25) is 0 Å². The van der Waals surface area contributed by atoms with Gasteiger partial charge >= 0.3 is 0 Å². The zero-order valence-corrected chi connectivity index (χ0v) is 14.6. The standard InChI is InChI=1S/C17H23N5OS/c23-16(14-8-10-22(21-14)12-5-4-9-18-11-12)20-17-19-13-6-2-1-3-7-15(13)24-17/h8,10,12,18H,1-7,9,11H2,(H,19,20,23). The molecule has 1 amide bonds. The summed E-state index contributed by atoms with van der Waals surface area (Å²) >= 11 is 1.62. The second-order valence-corrected chi connectivity index (χ2v) is 7.67. The second kappa shape index (κ2) is 7.03. The van der Waals surface area contributed by atoms with E-state index in [0.717, 1.165) is 38.8 Å². The van der Waals surface area contributed by atoms with Gasteiger partial charge in [-0.05, 0) is 51.1 Å². The number of hydrogen-bond donors (Lipinski definition) is 2. The van der Waals surface area contributed by atoms with Gasteiger partial charge in [-0.15, -0.1) is 11.3 Å². The molecular formula is C17H23N5OS. The van der Waals surface area contributed by atoms with Crippen LogP contribution in [0.5, 0.6) is 0 Å². The molecule has 1 fully saturated rings. The van der Waals surface area contributed by atoms with Crippen molar-refractivity contribution in [1.82, 2.24) is 20.1 Å². The number of carbonyl (C=O) groups excluding carboxylic acids is 1. The van der Waals surface area contributed by atoms with Gasteiger partial charge in [-0.25, -0.2) is 4.98 Å². The lowest BCUT2D eigenvalue weighted by Gasteiger charge is -2.22. The summed E-state index contributed by atoms with van der Waals surface area (Å²) in [5, 5.41) is 11.5. The number of thiazole rings is 1. The summed E-state index contributed by atoms with van der Waals surface area (Å²) in [5.74, 6) is -0.165. The third-order valence-corrected chi connectivity index (χ3v) is 5.87. The van der Waals surface area contributed by atoms with Crippen LogP contribution in [0, 0.1) is 0 Å². The van der Waals surface area contributed by atoms with Crippen LogP contribution in [0.25, 0.3) is 0 Å². The number of anilines is 1. The van der Waals surface area contributed by atoms with Gasteiger partial charge in [-0.3, -0.25) is 14.8 Å². The first kappa shape index (κ1) is 15.8. The van der Waals surface area contributed by atoms with Crippen LogP contribution >= 0.6 is 11.3 Å². The van der Waals surface area contributed by atoms with E-state index in [2.05, 4.69) is 20.7 Å². The summed E-state index contributed by atoms with van der Waals surface area (Å²) in [6.07, 6.45) is 9.98. The first-order valence-corrected chi connectivity index (χ1v) is 9.67. The van der Waals surface area contributed by atoms with Crippen LogP contribution in [0.4, 0.5) is 5.13 Å². The van der Waals surface area contributed by atoms with Crippen molar-refractivity contribution in [3.8, 4) is 0 Å². The summed E-state index contributed by atoms with van der Waals surface area (Å²) in [6, 6.07) is 2.14. The number of nitrogens with one attached hydrogen (secondary N) is 2. The number of fused-ring (bicyclic) bond motifs is 1. The van der Waals surface area contributed by atoms with Crippen molar-refractivity contribution in [1.29, 1.82) is 0 Å². The quantitative estimate of drug-likeness (QED) is 0.839. The molecule has 3 heterocycles. The fourth-order valence-electron chi connectivity index (χ4n) is 3.47. The highest BCUT2D eigenvalue weighted by atomic mass is 32.1. The number of amides is 1. The van der Waals surface area contributed by atoms with E-state index in [1.165, 1.54) is 29.8 Å². The fraction of sp³-hybridized carbons (Fsp3) is 0.588. The zero-order chi connectivity index (χ0) is 16.4. The number of aromatic nitrogens is 3. The molecule has 0 saturated carbocycles. The van der Waals surface area contributed by atoms with E-state index >= 15 is 0 Å². The number of rotatable bonds is 3. The minimum absolute atomic E-state index is 0.165. The molecule has 24 heavy (non-hydrogen) atoms. The molecule has 7 heteroatoms. The lowest BCUT2D eigenvalue weighted by Crippen LogP contribution is -2.32. The van der Waals surface area contributed by atoms with Crippen molar-refractivity contribution in [3.63, 3.8) is 0 Å². The summed E-state index contributed by atoms with van der Waals surface area (Å²) in [6.45, 7) is 1.99. The number of carbonyl (C=O) groups is 1. The topological polar surface area (TPSA) is 71.8 Å². The van der Waals surface area contributed by atoms with Crippen molar-refractivity contribution in [2.24, 2.45) is 0 Å². The smallest absolute Gasteiger partial charge is 0.277 e. The molecule has 1 unspecified atom stereocenters. The lowest BCUT2D eigenvalue weighted by atomic mass is 10.1. The number of hydrogen-bond acceptors (Lipinski definition) is 5. The maximum Gasteiger partial charge on any atom is 0.277 e. The van der Waals surface area contributed by atoms with Crippen molar-refractivity contribution >= 4 is 22.4 Å². The first-order valence-electron chi connectivity index (χ1n) is 8.85. The number of aryl methyl sites for hydroxylation is 2. The molecule has 1 aliphatic carbocycles. The van der Waals surface area contributed by atoms with Gasteiger partial charge < -0.3 is 5.32 Å². The van der Waals surface area contributed by atoms with Crippen molar-refractivity contribution in [2.75, 3.05) is 18.4 Å². The molecule has 2 N–H and O–H groups in total. The molecule has 0 aromatic carbocycles. The summed E-state index contributed by atoms with van der Waals surface area (Å²) in [7, 11) is 0. The molecule has 2 aliphatic rings. The SMILES string of the molecule is O=C(Nc1nc2c(s1)CCCCC2)c1ccn(C2CCCNC2)n1. The van der Waals surface area contributed by atoms with Gasteiger partial charge in [0.15, 0.2) is 10.8 Å². The minimum atomic E-state index is -0.165. The highest BCUT2D eigenvalue weighted by Crippen LogP contribution is 2.29. The molecular weight excluding hydrogens is 322 g/mol. The monoisotopic (exact) mass is 345 g/mol. The average molecular weight is 345 g/mol. The molecule has 2 aromatic rings. The molecule has 6 nitrogen and oxygen atoms in total. The van der Waals surface area contributed by atoms with E-state index in [1.54, 1.807) is 17.4 Å². The zero-order valence-electron chi connectivity index (χ0n) is 13.8. The van der Waals surface area contributed by atoms with E-state index in [1.807, 2.05) is 10.9 Å². The second-order valence-electron chi connectivity index (χ2n) is 6.58. The van der Waals surface area contributed by atoms with Gasteiger partial charge in [0.25, 0.3) is 5.91 Å². The van der Waals surface area contributed by atoms with Crippen LogP contribution in [-0.4, -0.2) is 33.8 Å². The van der Waals surface area contributed by atoms with Gasteiger partial charge in [0, 0.05) is 17.6 Å². The van der Waals surface area contributed by atoms with E-state index in [-0.39, 0.29) is 5.91 Å². The fourth-order valence-corrected chi connectivity index (χ4v) is 4.51. The van der Waals surface area contributed by atoms with Gasteiger partial charge in [0.05, 0.1) is 11.7 Å². The van der Waals surface area contributed by atoms with Gasteiger partial charge in [-0.2, -0.15) is 5.10 Å². The Hall–Kier alpha value is -1.73. The molecule has 1 atom stereocenters. The van der Waals surface area contributed by atoms with Crippen LogP contribution in [-0.2, 0) is 12.8 Å². The first-order chi connectivity index (χ1) is 11.8. The Bertz CT molecular complexity index is 693. The summed E-state index contributed by atoms with van der Waals surface area (Å²) < 4.78 is 1.91. The Morgan fingerprint density at radius 2 is 2.21 bits per heavy atom. The van der Waals surface area contributed by atoms with Crippen molar-refractivity contribution in [2.45, 2.75) is 51.0 Å². The Morgan fingerprint density at radius 1 is 1.29 bits per heavy atom. The van der Waals surface area contributed by atoms with E-state index in [0.29, 0.717) is 16.9 Å². The Balaban J connectivity index is 1.43. The Morgan fingerprint density at radius 3 is 3.08 bits per heavy atom. The molecule has 4 rings (SSSR count). The molecule has 2 aromatic heterocycles. The van der Waals surface area contributed by atoms with Gasteiger partial charge in [0.1, 0.15) is 0 Å². The Labute approximate surface area is 145 Å². The predicted molar refractivity (Wildman–Crippen MR) is 94.7 cm³/mol. The van der Waals surface area contributed by atoms with Crippen molar-refractivity contribution < 1.29 is 4.79 Å².